The number of aliphatic imine (C=N–C) groups is 1. The van der Waals surface area contributed by atoms with E-state index in [4.69, 9.17) is 21.6 Å². The summed E-state index contributed by atoms with van der Waals surface area (Å²) in [4.78, 5) is 8.36. The minimum atomic E-state index is 0.0543. The highest BCUT2D eigenvalue weighted by atomic mass is 35.5. The second-order valence-electron chi connectivity index (χ2n) is 4.92. The van der Waals surface area contributed by atoms with Gasteiger partial charge in [0.2, 0.25) is 5.88 Å². The number of benzene rings is 1. The molecule has 3 rings (SSSR count). The second-order valence-corrected chi connectivity index (χ2v) is 5.27. The number of fused-ring (bicyclic) bond motifs is 1. The number of nitriles is 1. The molecule has 0 fully saturated rings. The predicted octanol–water partition coefficient (Wildman–Crippen LogP) is 5.31. The van der Waals surface area contributed by atoms with Crippen LogP contribution in [0.1, 0.15) is 20.8 Å². The highest BCUT2D eigenvalue weighted by molar-refractivity contribution is 6.34. The molecule has 122 valence electrons. The smallest absolute Gasteiger partial charge is 0.215 e. The number of rotatable bonds is 2. The van der Waals surface area contributed by atoms with Crippen molar-refractivity contribution < 1.29 is 4.74 Å². The predicted molar refractivity (Wildman–Crippen MR) is 98.2 cm³/mol. The Bertz CT molecular complexity index is 863. The van der Waals surface area contributed by atoms with Gasteiger partial charge in [0.25, 0.3) is 0 Å². The maximum Gasteiger partial charge on any atom is 0.215 e. The van der Waals surface area contributed by atoms with Crippen LogP contribution in [0.5, 0.6) is 5.75 Å². The molecular weight excluding hydrogens is 322 g/mol. The van der Waals surface area contributed by atoms with Gasteiger partial charge in [0.1, 0.15) is 11.2 Å². The van der Waals surface area contributed by atoms with Crippen molar-refractivity contribution in [3.63, 3.8) is 0 Å². The van der Waals surface area contributed by atoms with Crippen LogP contribution in [0.3, 0.4) is 0 Å². The number of hydrogen-bond acceptors (Lipinski definition) is 4. The highest BCUT2D eigenvalue weighted by Crippen LogP contribution is 2.30. The third-order valence-corrected chi connectivity index (χ3v) is 3.53. The zero-order valence-corrected chi connectivity index (χ0v) is 14.6. The third-order valence-electron chi connectivity index (χ3n) is 3.23. The zero-order valence-electron chi connectivity index (χ0n) is 13.8. The van der Waals surface area contributed by atoms with Gasteiger partial charge in [-0.2, -0.15) is 5.26 Å². The number of halogens is 1. The first-order valence-electron chi connectivity index (χ1n) is 7.76. The Balaban J connectivity index is 0.00000100. The van der Waals surface area contributed by atoms with Gasteiger partial charge in [-0.1, -0.05) is 62.7 Å². The molecule has 24 heavy (non-hydrogen) atoms. The van der Waals surface area contributed by atoms with Crippen LogP contribution in [0.15, 0.2) is 59.1 Å². The minimum Gasteiger partial charge on any atom is -0.437 e. The van der Waals surface area contributed by atoms with E-state index in [0.29, 0.717) is 22.4 Å². The van der Waals surface area contributed by atoms with E-state index in [1.807, 2.05) is 57.2 Å². The number of hydrogen-bond donors (Lipinski definition) is 0. The average molecular weight is 340 g/mol. The fourth-order valence-corrected chi connectivity index (χ4v) is 2.44. The van der Waals surface area contributed by atoms with E-state index in [9.17, 15) is 0 Å². The molecule has 1 aliphatic rings. The monoisotopic (exact) mass is 339 g/mol. The molecule has 1 aliphatic heterocycles. The number of aromatic nitrogens is 1. The Kier molecular flexibility index (Phi) is 6.11. The summed E-state index contributed by atoms with van der Waals surface area (Å²) in [7, 11) is 0. The number of pyridine rings is 1. The van der Waals surface area contributed by atoms with Crippen LogP contribution in [0.25, 0.3) is 10.8 Å². The maximum atomic E-state index is 8.98. The van der Waals surface area contributed by atoms with E-state index in [-0.39, 0.29) is 5.92 Å². The summed E-state index contributed by atoms with van der Waals surface area (Å²) in [5.41, 5.74) is 0.515. The Hall–Kier alpha value is -2.64. The number of nitrogens with zero attached hydrogens (tertiary/aromatic N) is 3. The van der Waals surface area contributed by atoms with Gasteiger partial charge in [-0.3, -0.25) is 0 Å². The molecule has 1 unspecified atom stereocenters. The molecule has 4 nitrogen and oxygen atoms in total. The quantitative estimate of drug-likeness (QED) is 0.697. The van der Waals surface area contributed by atoms with Crippen molar-refractivity contribution in [3.8, 4) is 11.8 Å². The molecule has 0 aliphatic carbocycles. The summed E-state index contributed by atoms with van der Waals surface area (Å²) >= 11 is 6.10. The van der Waals surface area contributed by atoms with Crippen LogP contribution in [0, 0.1) is 17.2 Å². The zero-order chi connectivity index (χ0) is 17.5. The lowest BCUT2D eigenvalue weighted by Gasteiger charge is -2.09. The number of allylic oxidation sites excluding steroid dienone is 3. The lowest BCUT2D eigenvalue weighted by molar-refractivity contribution is 0.420. The first-order valence-corrected chi connectivity index (χ1v) is 8.14. The van der Waals surface area contributed by atoms with Crippen molar-refractivity contribution in [3.05, 3.63) is 59.2 Å². The lowest BCUT2D eigenvalue weighted by atomic mass is 10.1. The molecule has 0 saturated carbocycles. The van der Waals surface area contributed by atoms with Gasteiger partial charge in [-0.15, -0.1) is 0 Å². The Morgan fingerprint density at radius 3 is 2.58 bits per heavy atom. The largest absolute Gasteiger partial charge is 0.437 e. The lowest BCUT2D eigenvalue weighted by Crippen LogP contribution is -1.96. The van der Waals surface area contributed by atoms with Crippen molar-refractivity contribution in [2.24, 2.45) is 10.9 Å². The summed E-state index contributed by atoms with van der Waals surface area (Å²) in [5.74, 6) is 1.07. The standard InChI is InChI=1S/C17H12ClN3O.C2H6/c1-11-6-12(8-19)9-20-16(7-11)22-15-10-21-17(18)14-5-3-2-4-13(14)15;1-2/h2-7,9-11H,1H3;1-2H3. The molecule has 0 spiro atoms. The van der Waals surface area contributed by atoms with E-state index < -0.39 is 0 Å². The minimum absolute atomic E-state index is 0.0543. The van der Waals surface area contributed by atoms with Crippen molar-refractivity contribution >= 4 is 28.6 Å². The van der Waals surface area contributed by atoms with Gasteiger partial charge in [0, 0.05) is 17.0 Å². The van der Waals surface area contributed by atoms with Crippen molar-refractivity contribution in [2.75, 3.05) is 0 Å². The van der Waals surface area contributed by atoms with Crippen LogP contribution in [-0.2, 0) is 0 Å². The van der Waals surface area contributed by atoms with Crippen LogP contribution >= 0.6 is 11.6 Å². The maximum absolute atomic E-state index is 8.98. The third kappa shape index (κ3) is 4.01. The van der Waals surface area contributed by atoms with E-state index in [2.05, 4.69) is 16.0 Å². The van der Waals surface area contributed by atoms with Gasteiger partial charge in [0.05, 0.1) is 11.8 Å². The van der Waals surface area contributed by atoms with Crippen LogP contribution in [-0.4, -0.2) is 11.2 Å². The molecule has 0 N–H and O–H groups in total. The van der Waals surface area contributed by atoms with Gasteiger partial charge < -0.3 is 4.74 Å². The Morgan fingerprint density at radius 1 is 1.17 bits per heavy atom. The van der Waals surface area contributed by atoms with Gasteiger partial charge >= 0.3 is 0 Å². The molecule has 1 aromatic carbocycles. The van der Waals surface area contributed by atoms with E-state index in [1.165, 1.54) is 6.21 Å². The Morgan fingerprint density at radius 2 is 1.88 bits per heavy atom. The van der Waals surface area contributed by atoms with Gasteiger partial charge in [-0.25, -0.2) is 9.98 Å². The molecule has 2 aromatic rings. The van der Waals surface area contributed by atoms with Gasteiger partial charge in [-0.05, 0) is 12.0 Å². The second kappa shape index (κ2) is 8.28. The van der Waals surface area contributed by atoms with E-state index >= 15 is 0 Å². The topological polar surface area (TPSA) is 58.3 Å². The molecule has 0 radical (unpaired) electrons. The van der Waals surface area contributed by atoms with Crippen molar-refractivity contribution in [1.29, 1.82) is 5.26 Å². The van der Waals surface area contributed by atoms with Gasteiger partial charge in [0.15, 0.2) is 5.75 Å². The molecule has 1 aromatic heterocycles. The fraction of sp³-hybridized carbons (Fsp3) is 0.211. The molecule has 2 heterocycles. The first kappa shape index (κ1) is 17.7. The molecule has 0 bridgehead atoms. The molecule has 0 saturated heterocycles. The van der Waals surface area contributed by atoms with Crippen LogP contribution < -0.4 is 4.74 Å². The molecule has 0 amide bonds. The van der Waals surface area contributed by atoms with Crippen LogP contribution in [0.2, 0.25) is 5.15 Å². The highest BCUT2D eigenvalue weighted by Gasteiger charge is 2.11. The summed E-state index contributed by atoms with van der Waals surface area (Å²) in [6.45, 7) is 5.97. The fourth-order valence-electron chi connectivity index (χ4n) is 2.23. The molecule has 5 heteroatoms. The average Bonchev–Trinajstić information content (AvgIpc) is 2.80. The summed E-state index contributed by atoms with van der Waals surface area (Å²) in [5, 5.41) is 11.1. The summed E-state index contributed by atoms with van der Waals surface area (Å²) in [6, 6.07) is 9.70. The molecular formula is C19H18ClN3O. The Labute approximate surface area is 146 Å². The van der Waals surface area contributed by atoms with Crippen molar-refractivity contribution in [1.82, 2.24) is 4.98 Å². The van der Waals surface area contributed by atoms with E-state index in [0.717, 1.165) is 10.8 Å². The normalized spacial score (nSPS) is 16.2. The van der Waals surface area contributed by atoms with Crippen molar-refractivity contribution in [2.45, 2.75) is 20.8 Å². The summed E-state index contributed by atoms with van der Waals surface area (Å²) < 4.78 is 5.87. The number of ether oxygens (including phenoxy) is 1. The summed E-state index contributed by atoms with van der Waals surface area (Å²) in [6.07, 6.45) is 6.76. The van der Waals surface area contributed by atoms with E-state index in [1.54, 1.807) is 6.20 Å². The molecule has 1 atom stereocenters. The SMILES string of the molecule is CC.CC1C=C(C#N)C=NC(Oc2cnc(Cl)c3ccccc23)=C1. The first-order chi connectivity index (χ1) is 11.7. The van der Waals surface area contributed by atoms with Crippen LogP contribution in [0.4, 0.5) is 0 Å².